The zero-order valence-corrected chi connectivity index (χ0v) is 21.8. The fourth-order valence-electron chi connectivity index (χ4n) is 4.99. The Morgan fingerprint density at radius 2 is 1.74 bits per heavy atom. The van der Waals surface area contributed by atoms with Crippen LogP contribution < -0.4 is 10.3 Å². The summed E-state index contributed by atoms with van der Waals surface area (Å²) in [6, 6.07) is 20.3. The van der Waals surface area contributed by atoms with E-state index in [-0.39, 0.29) is 23.2 Å². The van der Waals surface area contributed by atoms with E-state index in [0.717, 1.165) is 0 Å². The fourth-order valence-corrected chi connectivity index (χ4v) is 4.99. The highest BCUT2D eigenvalue weighted by Crippen LogP contribution is 2.28. The van der Waals surface area contributed by atoms with Crippen molar-refractivity contribution in [3.05, 3.63) is 105 Å². The van der Waals surface area contributed by atoms with Gasteiger partial charge in [0, 0.05) is 43.9 Å². The van der Waals surface area contributed by atoms with Crippen molar-refractivity contribution in [1.82, 2.24) is 19.4 Å². The largest absolute Gasteiger partial charge is 0.492 e. The summed E-state index contributed by atoms with van der Waals surface area (Å²) in [6.07, 6.45) is 0. The summed E-state index contributed by atoms with van der Waals surface area (Å²) >= 11 is 0. The zero-order chi connectivity index (χ0) is 27.5. The molecule has 5 rings (SSSR count). The predicted octanol–water partition coefficient (Wildman–Crippen LogP) is 4.21. The van der Waals surface area contributed by atoms with Crippen LogP contribution in [0, 0.1) is 10.1 Å². The van der Waals surface area contributed by atoms with Gasteiger partial charge in [-0.2, -0.15) is 0 Å². The number of fused-ring (bicyclic) bond motifs is 1. The van der Waals surface area contributed by atoms with Crippen molar-refractivity contribution < 1.29 is 14.5 Å². The molecule has 10 heteroatoms. The first-order chi connectivity index (χ1) is 18.9. The summed E-state index contributed by atoms with van der Waals surface area (Å²) in [6.45, 7) is 6.36. The molecule has 39 heavy (non-hydrogen) atoms. The molecule has 10 nitrogen and oxygen atoms in total. The molecule has 0 radical (unpaired) electrons. The summed E-state index contributed by atoms with van der Waals surface area (Å²) in [5, 5.41) is 11.7. The van der Waals surface area contributed by atoms with Gasteiger partial charge in [0.15, 0.2) is 0 Å². The Morgan fingerprint density at radius 1 is 1.03 bits per heavy atom. The maximum absolute atomic E-state index is 13.8. The van der Waals surface area contributed by atoms with Crippen LogP contribution in [0.1, 0.15) is 36.1 Å². The number of nitro benzene ring substituents is 1. The number of hydrogen-bond acceptors (Lipinski definition) is 7. The minimum atomic E-state index is -0.504. The quantitative estimate of drug-likeness (QED) is 0.261. The van der Waals surface area contributed by atoms with Crippen LogP contribution in [0.5, 0.6) is 5.75 Å². The first-order valence-electron chi connectivity index (χ1n) is 12.9. The number of nitro groups is 1. The van der Waals surface area contributed by atoms with Crippen molar-refractivity contribution in [3.8, 4) is 11.4 Å². The Morgan fingerprint density at radius 3 is 2.49 bits per heavy atom. The SMILES string of the molecule is CCOc1ccccc1-n1c(C(C)N2CCN(C(=O)c3cccc([N+](=O)[O-])c3)CC2)nc2ccccc2c1=O. The van der Waals surface area contributed by atoms with Gasteiger partial charge < -0.3 is 9.64 Å². The van der Waals surface area contributed by atoms with E-state index >= 15 is 0 Å². The van der Waals surface area contributed by atoms with Crippen molar-refractivity contribution in [2.45, 2.75) is 19.9 Å². The van der Waals surface area contributed by atoms with Crippen LogP contribution in [0.25, 0.3) is 16.6 Å². The van der Waals surface area contributed by atoms with Crippen molar-refractivity contribution in [2.75, 3.05) is 32.8 Å². The van der Waals surface area contributed by atoms with Crippen LogP contribution in [-0.2, 0) is 0 Å². The molecule has 1 saturated heterocycles. The molecule has 0 N–H and O–H groups in total. The fraction of sp³-hybridized carbons (Fsp3) is 0.276. The Kier molecular flexibility index (Phi) is 7.38. The number of para-hydroxylation sites is 3. The molecule has 2 heterocycles. The van der Waals surface area contributed by atoms with E-state index in [1.54, 1.807) is 21.6 Å². The summed E-state index contributed by atoms with van der Waals surface area (Å²) in [5.74, 6) is 0.946. The molecule has 1 unspecified atom stereocenters. The van der Waals surface area contributed by atoms with E-state index in [1.165, 1.54) is 18.2 Å². The number of carbonyl (C=O) groups is 1. The van der Waals surface area contributed by atoms with E-state index in [2.05, 4.69) is 4.90 Å². The van der Waals surface area contributed by atoms with Gasteiger partial charge in [-0.05, 0) is 44.2 Å². The molecule has 0 aliphatic carbocycles. The van der Waals surface area contributed by atoms with Gasteiger partial charge in [0.2, 0.25) is 0 Å². The van der Waals surface area contributed by atoms with E-state index < -0.39 is 4.92 Å². The van der Waals surface area contributed by atoms with E-state index in [1.807, 2.05) is 56.3 Å². The Balaban J connectivity index is 1.45. The standard InChI is InChI=1S/C29H29N5O5/c1-3-39-26-14-7-6-13-25(26)33-27(30-24-12-5-4-11-23(24)29(33)36)20(2)31-15-17-32(18-16-31)28(35)21-9-8-10-22(19-21)34(37)38/h4-14,19-20H,3,15-18H2,1-2H3. The molecule has 0 saturated carbocycles. The van der Waals surface area contributed by atoms with Crippen LogP contribution in [-0.4, -0.2) is 63.0 Å². The second-order valence-electron chi connectivity index (χ2n) is 9.34. The lowest BCUT2D eigenvalue weighted by Crippen LogP contribution is -2.50. The molecule has 1 aromatic heterocycles. The van der Waals surface area contributed by atoms with Gasteiger partial charge >= 0.3 is 0 Å². The molecule has 0 spiro atoms. The van der Waals surface area contributed by atoms with Gasteiger partial charge in [0.25, 0.3) is 17.2 Å². The number of ether oxygens (including phenoxy) is 1. The molecule has 1 aliphatic heterocycles. The average molecular weight is 528 g/mol. The maximum Gasteiger partial charge on any atom is 0.270 e. The van der Waals surface area contributed by atoms with E-state index in [4.69, 9.17) is 9.72 Å². The van der Waals surface area contributed by atoms with Gasteiger partial charge in [0.1, 0.15) is 11.6 Å². The van der Waals surface area contributed by atoms with E-state index in [0.29, 0.717) is 66.5 Å². The number of benzene rings is 3. The lowest BCUT2D eigenvalue weighted by atomic mass is 10.1. The third kappa shape index (κ3) is 5.10. The number of rotatable bonds is 7. The molecule has 4 aromatic rings. The maximum atomic E-state index is 13.8. The highest BCUT2D eigenvalue weighted by molar-refractivity contribution is 5.95. The van der Waals surface area contributed by atoms with Crippen LogP contribution in [0.4, 0.5) is 5.69 Å². The summed E-state index contributed by atoms with van der Waals surface area (Å²) < 4.78 is 7.49. The number of non-ortho nitro benzene ring substituents is 1. The Hall–Kier alpha value is -4.57. The normalized spacial score (nSPS) is 14.8. The Labute approximate surface area is 225 Å². The molecule has 1 amide bonds. The highest BCUT2D eigenvalue weighted by atomic mass is 16.6. The monoisotopic (exact) mass is 527 g/mol. The van der Waals surface area contributed by atoms with Crippen LogP contribution in [0.3, 0.4) is 0 Å². The summed E-state index contributed by atoms with van der Waals surface area (Å²) in [7, 11) is 0. The Bertz CT molecular complexity index is 1590. The molecule has 1 fully saturated rings. The lowest BCUT2D eigenvalue weighted by molar-refractivity contribution is -0.384. The van der Waals surface area contributed by atoms with Gasteiger partial charge in [-0.25, -0.2) is 4.98 Å². The minimum absolute atomic E-state index is 0.110. The van der Waals surface area contributed by atoms with Gasteiger partial charge in [-0.3, -0.25) is 29.2 Å². The third-order valence-corrected chi connectivity index (χ3v) is 7.03. The van der Waals surface area contributed by atoms with Crippen molar-refractivity contribution >= 4 is 22.5 Å². The van der Waals surface area contributed by atoms with Crippen LogP contribution in [0.15, 0.2) is 77.6 Å². The highest BCUT2D eigenvalue weighted by Gasteiger charge is 2.29. The lowest BCUT2D eigenvalue weighted by Gasteiger charge is -2.38. The number of carbonyl (C=O) groups excluding carboxylic acids is 1. The number of hydrogen-bond donors (Lipinski definition) is 0. The van der Waals surface area contributed by atoms with Crippen molar-refractivity contribution in [1.29, 1.82) is 0 Å². The molecule has 0 bridgehead atoms. The predicted molar refractivity (Wildman–Crippen MR) is 147 cm³/mol. The second-order valence-corrected chi connectivity index (χ2v) is 9.34. The van der Waals surface area contributed by atoms with Crippen LogP contribution >= 0.6 is 0 Å². The number of piperazine rings is 1. The molecular formula is C29H29N5O5. The van der Waals surface area contributed by atoms with Gasteiger partial charge in [-0.15, -0.1) is 0 Å². The minimum Gasteiger partial charge on any atom is -0.492 e. The number of amides is 1. The number of nitrogens with zero attached hydrogens (tertiary/aromatic N) is 5. The molecule has 200 valence electrons. The topological polar surface area (TPSA) is 111 Å². The molecular weight excluding hydrogens is 498 g/mol. The van der Waals surface area contributed by atoms with Gasteiger partial charge in [-0.1, -0.05) is 30.3 Å². The molecule has 1 aliphatic rings. The van der Waals surface area contributed by atoms with Crippen molar-refractivity contribution in [3.63, 3.8) is 0 Å². The second kappa shape index (κ2) is 11.0. The van der Waals surface area contributed by atoms with Crippen LogP contribution in [0.2, 0.25) is 0 Å². The first kappa shape index (κ1) is 26.1. The summed E-state index contributed by atoms with van der Waals surface area (Å²) in [4.78, 5) is 46.3. The average Bonchev–Trinajstić information content (AvgIpc) is 2.97. The number of aromatic nitrogens is 2. The zero-order valence-electron chi connectivity index (χ0n) is 21.8. The molecule has 1 atom stereocenters. The molecule has 3 aromatic carbocycles. The van der Waals surface area contributed by atoms with Gasteiger partial charge in [0.05, 0.1) is 34.2 Å². The third-order valence-electron chi connectivity index (χ3n) is 7.03. The van der Waals surface area contributed by atoms with E-state index in [9.17, 15) is 19.7 Å². The smallest absolute Gasteiger partial charge is 0.270 e. The summed E-state index contributed by atoms with van der Waals surface area (Å²) in [5.41, 5.74) is 1.26. The van der Waals surface area contributed by atoms with Crippen molar-refractivity contribution in [2.24, 2.45) is 0 Å². The first-order valence-corrected chi connectivity index (χ1v) is 12.9.